The van der Waals surface area contributed by atoms with Crippen LogP contribution in [-0.4, -0.2) is 20.7 Å². The van der Waals surface area contributed by atoms with Gasteiger partial charge in [-0.3, -0.25) is 9.36 Å². The summed E-state index contributed by atoms with van der Waals surface area (Å²) in [5.74, 6) is 1.37. The first-order chi connectivity index (χ1) is 15.1. The molecule has 6 heteroatoms. The Hall–Kier alpha value is -3.38. The van der Waals surface area contributed by atoms with E-state index in [0.29, 0.717) is 17.9 Å². The molecule has 0 aliphatic rings. The zero-order valence-corrected chi connectivity index (χ0v) is 18.4. The first-order valence-corrected chi connectivity index (χ1v) is 11.1. The second kappa shape index (κ2) is 9.62. The van der Waals surface area contributed by atoms with Crippen molar-refractivity contribution in [1.29, 1.82) is 0 Å². The van der Waals surface area contributed by atoms with Gasteiger partial charge < -0.3 is 5.32 Å². The number of aryl methyl sites for hydroxylation is 2. The number of thioether (sulfide) groups is 1. The maximum absolute atomic E-state index is 12.7. The van der Waals surface area contributed by atoms with E-state index in [1.165, 1.54) is 11.1 Å². The summed E-state index contributed by atoms with van der Waals surface area (Å²) in [7, 11) is 0. The predicted octanol–water partition coefficient (Wildman–Crippen LogP) is 5.11. The maximum atomic E-state index is 12.7. The molecule has 1 aromatic heterocycles. The third kappa shape index (κ3) is 5.03. The van der Waals surface area contributed by atoms with E-state index in [4.69, 9.17) is 0 Å². The minimum Gasteiger partial charge on any atom is -0.345 e. The van der Waals surface area contributed by atoms with Gasteiger partial charge in [0.15, 0.2) is 11.0 Å². The molecule has 0 saturated heterocycles. The van der Waals surface area contributed by atoms with Gasteiger partial charge >= 0.3 is 0 Å². The monoisotopic (exact) mass is 428 g/mol. The third-order valence-electron chi connectivity index (χ3n) is 5.00. The molecule has 1 heterocycles. The second-order valence-corrected chi connectivity index (χ2v) is 8.28. The van der Waals surface area contributed by atoms with E-state index < -0.39 is 0 Å². The lowest BCUT2D eigenvalue weighted by Gasteiger charge is -2.12. The van der Waals surface area contributed by atoms with Crippen LogP contribution in [0.15, 0.2) is 84.0 Å². The van der Waals surface area contributed by atoms with E-state index in [0.717, 1.165) is 22.2 Å². The zero-order chi connectivity index (χ0) is 21.6. The van der Waals surface area contributed by atoms with Crippen LogP contribution >= 0.6 is 11.8 Å². The molecule has 0 bridgehead atoms. The average Bonchev–Trinajstić information content (AvgIpc) is 3.20. The summed E-state index contributed by atoms with van der Waals surface area (Å²) in [4.78, 5) is 12.7. The summed E-state index contributed by atoms with van der Waals surface area (Å²) in [6.07, 6.45) is 0. The molecule has 3 aromatic carbocycles. The van der Waals surface area contributed by atoms with E-state index in [1.807, 2.05) is 54.0 Å². The highest BCUT2D eigenvalue weighted by atomic mass is 32.2. The normalized spacial score (nSPS) is 10.8. The summed E-state index contributed by atoms with van der Waals surface area (Å²) < 4.78 is 2.02. The van der Waals surface area contributed by atoms with E-state index >= 15 is 0 Å². The fourth-order valence-electron chi connectivity index (χ4n) is 3.27. The fourth-order valence-corrected chi connectivity index (χ4v) is 4.19. The molecule has 1 amide bonds. The van der Waals surface area contributed by atoms with Gasteiger partial charge in [-0.2, -0.15) is 0 Å². The molecule has 0 aliphatic heterocycles. The number of rotatable bonds is 7. The van der Waals surface area contributed by atoms with Gasteiger partial charge in [0.05, 0.1) is 6.54 Å². The molecule has 0 spiro atoms. The van der Waals surface area contributed by atoms with Gasteiger partial charge in [-0.25, -0.2) is 0 Å². The highest BCUT2D eigenvalue weighted by molar-refractivity contribution is 7.98. The lowest BCUT2D eigenvalue weighted by Crippen LogP contribution is -2.25. The molecule has 4 rings (SSSR count). The number of hydrogen-bond acceptors (Lipinski definition) is 4. The molecule has 0 radical (unpaired) electrons. The van der Waals surface area contributed by atoms with Gasteiger partial charge in [-0.05, 0) is 43.2 Å². The Labute approximate surface area is 186 Å². The number of aromatic nitrogens is 3. The molecule has 0 saturated carbocycles. The van der Waals surface area contributed by atoms with Crippen molar-refractivity contribution in [2.75, 3.05) is 0 Å². The van der Waals surface area contributed by atoms with Crippen LogP contribution in [0.25, 0.3) is 5.69 Å². The van der Waals surface area contributed by atoms with Crippen molar-refractivity contribution < 1.29 is 4.79 Å². The predicted molar refractivity (Wildman–Crippen MR) is 124 cm³/mol. The van der Waals surface area contributed by atoms with Crippen molar-refractivity contribution in [3.63, 3.8) is 0 Å². The Balaban J connectivity index is 1.58. The quantitative estimate of drug-likeness (QED) is 0.416. The van der Waals surface area contributed by atoms with Gasteiger partial charge in [0, 0.05) is 17.0 Å². The van der Waals surface area contributed by atoms with Crippen molar-refractivity contribution in [2.45, 2.75) is 31.3 Å². The van der Waals surface area contributed by atoms with Crippen LogP contribution in [0, 0.1) is 13.8 Å². The van der Waals surface area contributed by atoms with Crippen LogP contribution < -0.4 is 5.32 Å². The Morgan fingerprint density at radius 2 is 1.61 bits per heavy atom. The van der Waals surface area contributed by atoms with Crippen LogP contribution in [0.3, 0.4) is 0 Å². The standard InChI is InChI=1S/C25H24N4OS/c1-18-12-14-21(15-13-18)29-23(16-26-24(30)22-11-7-6-8-19(22)2)27-28-25(29)31-17-20-9-4-3-5-10-20/h3-15H,16-17H2,1-2H3,(H,26,30). The van der Waals surface area contributed by atoms with Crippen molar-refractivity contribution in [3.8, 4) is 5.69 Å². The van der Waals surface area contributed by atoms with E-state index in [-0.39, 0.29) is 5.91 Å². The fraction of sp³-hybridized carbons (Fsp3) is 0.160. The largest absolute Gasteiger partial charge is 0.345 e. The second-order valence-electron chi connectivity index (χ2n) is 7.34. The summed E-state index contributed by atoms with van der Waals surface area (Å²) >= 11 is 1.63. The summed E-state index contributed by atoms with van der Waals surface area (Å²) in [5.41, 5.74) is 5.00. The minimum atomic E-state index is -0.116. The van der Waals surface area contributed by atoms with Crippen LogP contribution in [-0.2, 0) is 12.3 Å². The molecule has 0 atom stereocenters. The number of benzene rings is 3. The van der Waals surface area contributed by atoms with Crippen molar-refractivity contribution in [3.05, 3.63) is 107 Å². The van der Waals surface area contributed by atoms with Crippen molar-refractivity contribution in [1.82, 2.24) is 20.1 Å². The Bertz CT molecular complexity index is 1170. The number of carbonyl (C=O) groups is 1. The Morgan fingerprint density at radius 3 is 2.35 bits per heavy atom. The molecule has 31 heavy (non-hydrogen) atoms. The van der Waals surface area contributed by atoms with Crippen LogP contribution in [0.4, 0.5) is 0 Å². The topological polar surface area (TPSA) is 59.8 Å². The minimum absolute atomic E-state index is 0.116. The smallest absolute Gasteiger partial charge is 0.251 e. The van der Waals surface area contributed by atoms with Gasteiger partial charge in [0.25, 0.3) is 5.91 Å². The first kappa shape index (κ1) is 20.9. The Kier molecular flexibility index (Phi) is 6.48. The van der Waals surface area contributed by atoms with Gasteiger partial charge in [0.1, 0.15) is 0 Å². The van der Waals surface area contributed by atoms with Crippen LogP contribution in [0.1, 0.15) is 32.9 Å². The summed E-state index contributed by atoms with van der Waals surface area (Å²) in [6, 6.07) is 26.1. The summed E-state index contributed by atoms with van der Waals surface area (Å²) in [6.45, 7) is 4.28. The SMILES string of the molecule is Cc1ccc(-n2c(CNC(=O)c3ccccc3C)nnc2SCc2ccccc2)cc1. The first-order valence-electron chi connectivity index (χ1n) is 10.1. The van der Waals surface area contributed by atoms with E-state index in [1.54, 1.807) is 11.8 Å². The number of nitrogens with one attached hydrogen (secondary N) is 1. The van der Waals surface area contributed by atoms with E-state index in [9.17, 15) is 4.79 Å². The molecule has 4 aromatic rings. The number of amides is 1. The van der Waals surface area contributed by atoms with Gasteiger partial charge in [-0.1, -0.05) is 78.0 Å². The summed E-state index contributed by atoms with van der Waals surface area (Å²) in [5, 5.41) is 12.6. The number of carbonyl (C=O) groups excluding carboxylic acids is 1. The van der Waals surface area contributed by atoms with Crippen molar-refractivity contribution >= 4 is 17.7 Å². The molecule has 0 fully saturated rings. The van der Waals surface area contributed by atoms with E-state index in [2.05, 4.69) is 58.8 Å². The Morgan fingerprint density at radius 1 is 0.903 bits per heavy atom. The molecule has 156 valence electrons. The number of nitrogens with zero attached hydrogens (tertiary/aromatic N) is 3. The van der Waals surface area contributed by atoms with Crippen LogP contribution in [0.2, 0.25) is 0 Å². The molecule has 0 unspecified atom stereocenters. The number of hydrogen-bond donors (Lipinski definition) is 1. The lowest BCUT2D eigenvalue weighted by molar-refractivity contribution is 0.0949. The third-order valence-corrected chi connectivity index (χ3v) is 6.00. The average molecular weight is 429 g/mol. The highest BCUT2D eigenvalue weighted by Crippen LogP contribution is 2.25. The highest BCUT2D eigenvalue weighted by Gasteiger charge is 2.16. The van der Waals surface area contributed by atoms with Gasteiger partial charge in [-0.15, -0.1) is 10.2 Å². The molecular formula is C25H24N4OS. The molecule has 0 aliphatic carbocycles. The lowest BCUT2D eigenvalue weighted by atomic mass is 10.1. The molecule has 1 N–H and O–H groups in total. The maximum Gasteiger partial charge on any atom is 0.251 e. The van der Waals surface area contributed by atoms with Gasteiger partial charge in [0.2, 0.25) is 0 Å². The zero-order valence-electron chi connectivity index (χ0n) is 17.6. The van der Waals surface area contributed by atoms with Crippen LogP contribution in [0.5, 0.6) is 0 Å². The molecule has 5 nitrogen and oxygen atoms in total. The van der Waals surface area contributed by atoms with Crippen molar-refractivity contribution in [2.24, 2.45) is 0 Å². The molecular weight excluding hydrogens is 404 g/mol.